The van der Waals surface area contributed by atoms with Gasteiger partial charge in [0.2, 0.25) is 0 Å². The molecule has 1 saturated heterocycles. The molecule has 0 amide bonds. The molecule has 0 radical (unpaired) electrons. The fourth-order valence-electron chi connectivity index (χ4n) is 3.86. The van der Waals surface area contributed by atoms with E-state index in [9.17, 15) is 4.57 Å². The van der Waals surface area contributed by atoms with Crippen molar-refractivity contribution < 1.29 is 9.09 Å². The minimum atomic E-state index is -2.93. The highest BCUT2D eigenvalue weighted by Gasteiger charge is 2.50. The van der Waals surface area contributed by atoms with E-state index >= 15 is 0 Å². The Bertz CT molecular complexity index is 533. The van der Waals surface area contributed by atoms with E-state index in [0.29, 0.717) is 0 Å². The van der Waals surface area contributed by atoms with E-state index in [1.807, 2.05) is 25.1 Å². The number of hydrogen-bond acceptors (Lipinski definition) is 2. The highest BCUT2D eigenvalue weighted by molar-refractivity contribution is 7.57. The summed E-state index contributed by atoms with van der Waals surface area (Å²) in [5.41, 5.74) is 0.973. The van der Waals surface area contributed by atoms with E-state index in [1.54, 1.807) is 0 Å². The first kappa shape index (κ1) is 18.7. The summed E-state index contributed by atoms with van der Waals surface area (Å²) < 4.78 is 22.5. The van der Waals surface area contributed by atoms with Crippen molar-refractivity contribution >= 4 is 7.52 Å². The van der Waals surface area contributed by atoms with E-state index < -0.39 is 7.52 Å². The molecule has 0 bridgehead atoms. The van der Waals surface area contributed by atoms with Crippen LogP contribution in [-0.2, 0) is 9.09 Å². The maximum Gasteiger partial charge on any atom is 0.280 e. The average Bonchev–Trinajstić information content (AvgIpc) is 2.58. The van der Waals surface area contributed by atoms with Crippen LogP contribution < -0.4 is 0 Å². The fourth-order valence-corrected chi connectivity index (χ4v) is 7.16. The van der Waals surface area contributed by atoms with Crippen LogP contribution in [0.2, 0.25) is 0 Å². The van der Waals surface area contributed by atoms with Crippen LogP contribution in [0.25, 0.3) is 0 Å². The Morgan fingerprint density at radius 2 is 1.78 bits per heavy atom. The summed E-state index contributed by atoms with van der Waals surface area (Å²) in [7, 11) is -2.93. The second kappa shape index (κ2) is 7.51. The maximum absolute atomic E-state index is 14.1. The normalized spacial score (nSPS) is 27.8. The monoisotopic (exact) mass is 337 g/mol. The van der Waals surface area contributed by atoms with Crippen LogP contribution in [0.15, 0.2) is 30.3 Å². The third kappa shape index (κ3) is 3.43. The zero-order valence-electron chi connectivity index (χ0n) is 15.3. The topological polar surface area (TPSA) is 29.5 Å². The van der Waals surface area contributed by atoms with Crippen LogP contribution in [0.5, 0.6) is 0 Å². The first-order chi connectivity index (χ1) is 10.9. The van der Waals surface area contributed by atoms with Crippen LogP contribution in [0.4, 0.5) is 0 Å². The van der Waals surface area contributed by atoms with Gasteiger partial charge in [0.25, 0.3) is 7.52 Å². The van der Waals surface area contributed by atoms with Gasteiger partial charge >= 0.3 is 0 Å². The molecule has 0 saturated carbocycles. The van der Waals surface area contributed by atoms with Gasteiger partial charge in [-0.25, -0.2) is 4.67 Å². The Morgan fingerprint density at radius 1 is 1.22 bits per heavy atom. The van der Waals surface area contributed by atoms with Crippen LogP contribution >= 0.6 is 7.52 Å². The van der Waals surface area contributed by atoms with Crippen LogP contribution in [0.1, 0.15) is 71.5 Å². The Hall–Kier alpha value is -0.630. The van der Waals surface area contributed by atoms with Gasteiger partial charge in [0, 0.05) is 12.1 Å². The van der Waals surface area contributed by atoms with Gasteiger partial charge in [-0.2, -0.15) is 0 Å². The van der Waals surface area contributed by atoms with Gasteiger partial charge in [0.1, 0.15) is 0 Å². The molecule has 1 aromatic carbocycles. The summed E-state index contributed by atoms with van der Waals surface area (Å²) in [6.45, 7) is 11.6. The molecule has 3 atom stereocenters. The molecule has 2 rings (SSSR count). The molecule has 4 heteroatoms. The number of rotatable bonds is 6. The van der Waals surface area contributed by atoms with Gasteiger partial charge in [0.05, 0.1) is 11.8 Å². The molecule has 23 heavy (non-hydrogen) atoms. The van der Waals surface area contributed by atoms with Gasteiger partial charge in [-0.1, -0.05) is 51.1 Å². The summed E-state index contributed by atoms with van der Waals surface area (Å²) >= 11 is 0. The maximum atomic E-state index is 14.1. The Kier molecular flexibility index (Phi) is 6.10. The summed E-state index contributed by atoms with van der Waals surface area (Å²) in [4.78, 5) is 0. The van der Waals surface area contributed by atoms with Crippen molar-refractivity contribution in [3.05, 3.63) is 35.9 Å². The minimum Gasteiger partial charge on any atom is -0.314 e. The lowest BCUT2D eigenvalue weighted by atomic mass is 9.89. The second-order valence-electron chi connectivity index (χ2n) is 6.76. The van der Waals surface area contributed by atoms with Gasteiger partial charge < -0.3 is 4.52 Å². The van der Waals surface area contributed by atoms with E-state index in [0.717, 1.165) is 37.8 Å². The Morgan fingerprint density at radius 3 is 2.30 bits per heavy atom. The molecule has 1 aromatic rings. The van der Waals surface area contributed by atoms with Crippen molar-refractivity contribution in [1.82, 2.24) is 4.67 Å². The molecule has 3 nitrogen and oxygen atoms in total. The molecule has 1 fully saturated rings. The van der Waals surface area contributed by atoms with Crippen molar-refractivity contribution in [3.8, 4) is 0 Å². The molecular weight excluding hydrogens is 305 g/mol. The quantitative estimate of drug-likeness (QED) is 0.594. The van der Waals surface area contributed by atoms with Crippen LogP contribution in [-0.4, -0.2) is 22.9 Å². The first-order valence-corrected chi connectivity index (χ1v) is 10.7. The highest BCUT2D eigenvalue weighted by atomic mass is 31.2. The summed E-state index contributed by atoms with van der Waals surface area (Å²) in [6, 6.07) is 10.2. The molecule has 1 aliphatic rings. The zero-order chi connectivity index (χ0) is 17.1. The standard InChI is InChI=1S/C19H32NO2P/c1-6-19(7-2,8-3)20-15-14-16(4)22-23(20,21)17(5)18-12-10-9-11-13-18/h9-13,16-17H,6-8,14-15H2,1-5H3/t16-,17+,23+/m0/s1. The molecule has 0 aliphatic carbocycles. The largest absolute Gasteiger partial charge is 0.314 e. The van der Waals surface area contributed by atoms with Crippen molar-refractivity contribution in [2.45, 2.75) is 77.6 Å². The first-order valence-electron chi connectivity index (χ1n) is 9.04. The predicted molar refractivity (Wildman–Crippen MR) is 97.9 cm³/mol. The van der Waals surface area contributed by atoms with E-state index in [1.165, 1.54) is 0 Å². The van der Waals surface area contributed by atoms with E-state index in [4.69, 9.17) is 4.52 Å². The van der Waals surface area contributed by atoms with Crippen LogP contribution in [0, 0.1) is 0 Å². The van der Waals surface area contributed by atoms with Gasteiger partial charge in [-0.15, -0.1) is 0 Å². The number of benzene rings is 1. The molecule has 0 N–H and O–H groups in total. The minimum absolute atomic E-state index is 0.0291. The van der Waals surface area contributed by atoms with Gasteiger partial charge in [0.15, 0.2) is 0 Å². The lowest BCUT2D eigenvalue weighted by Crippen LogP contribution is -2.49. The molecule has 0 unspecified atom stereocenters. The predicted octanol–water partition coefficient (Wildman–Crippen LogP) is 6.02. The van der Waals surface area contributed by atoms with Gasteiger partial charge in [-0.05, 0) is 45.1 Å². The fraction of sp³-hybridized carbons (Fsp3) is 0.684. The molecule has 1 heterocycles. The van der Waals surface area contributed by atoms with Crippen LogP contribution in [0.3, 0.4) is 0 Å². The number of nitrogens with zero attached hydrogens (tertiary/aromatic N) is 1. The van der Waals surface area contributed by atoms with Crippen molar-refractivity contribution in [3.63, 3.8) is 0 Å². The SMILES string of the molecule is CCC(CC)(CC)N1CC[C@H](C)O[P@]1(=O)[C@H](C)c1ccccc1. The molecule has 0 spiro atoms. The van der Waals surface area contributed by atoms with E-state index in [2.05, 4.69) is 44.5 Å². The molecule has 0 aromatic heterocycles. The third-order valence-corrected chi connectivity index (χ3v) is 8.94. The van der Waals surface area contributed by atoms with Crippen molar-refractivity contribution in [2.24, 2.45) is 0 Å². The lowest BCUT2D eigenvalue weighted by molar-refractivity contribution is 0.0660. The summed E-state index contributed by atoms with van der Waals surface area (Å²) in [6.07, 6.45) is 4.02. The third-order valence-electron chi connectivity index (χ3n) is 5.71. The zero-order valence-corrected chi connectivity index (χ0v) is 16.2. The summed E-state index contributed by atoms with van der Waals surface area (Å²) in [5.74, 6) is 0. The van der Waals surface area contributed by atoms with Gasteiger partial charge in [-0.3, -0.25) is 4.57 Å². The second-order valence-corrected chi connectivity index (χ2v) is 9.36. The molecular formula is C19H32NO2P. The molecule has 130 valence electrons. The Labute approximate surface area is 141 Å². The number of hydrogen-bond donors (Lipinski definition) is 0. The lowest BCUT2D eigenvalue weighted by Gasteiger charge is -2.51. The smallest absolute Gasteiger partial charge is 0.280 e. The van der Waals surface area contributed by atoms with E-state index in [-0.39, 0.29) is 17.3 Å². The average molecular weight is 337 g/mol. The van der Waals surface area contributed by atoms with Crippen molar-refractivity contribution in [2.75, 3.05) is 6.54 Å². The van der Waals surface area contributed by atoms with Crippen molar-refractivity contribution in [1.29, 1.82) is 0 Å². The Balaban J connectivity index is 2.46. The highest BCUT2D eigenvalue weighted by Crippen LogP contribution is 2.68. The summed E-state index contributed by atoms with van der Waals surface area (Å²) in [5, 5.41) is 0. The molecule has 1 aliphatic heterocycles.